The molecular weight excluding hydrogens is 421 g/mol. The molecule has 33 heavy (non-hydrogen) atoms. The van der Waals surface area contributed by atoms with Crippen LogP contribution in [0.25, 0.3) is 22.4 Å². The second kappa shape index (κ2) is 10.5. The summed E-state index contributed by atoms with van der Waals surface area (Å²) in [4.78, 5) is 17.2. The zero-order valence-corrected chi connectivity index (χ0v) is 18.6. The Labute approximate surface area is 192 Å². The van der Waals surface area contributed by atoms with E-state index in [0.29, 0.717) is 28.1 Å². The van der Waals surface area contributed by atoms with E-state index in [4.69, 9.17) is 4.98 Å². The number of aromatic nitrogens is 1. The van der Waals surface area contributed by atoms with Crippen molar-refractivity contribution in [3.63, 3.8) is 0 Å². The van der Waals surface area contributed by atoms with Gasteiger partial charge in [0.05, 0.1) is 17.9 Å². The van der Waals surface area contributed by atoms with Gasteiger partial charge in [-0.25, -0.2) is 4.39 Å². The molecule has 172 valence electrons. The molecule has 3 atom stereocenters. The quantitative estimate of drug-likeness (QED) is 0.393. The molecule has 5 nitrogen and oxygen atoms in total. The van der Waals surface area contributed by atoms with Gasteiger partial charge in [0.2, 0.25) is 0 Å². The summed E-state index contributed by atoms with van der Waals surface area (Å²) in [5.74, 6) is -3.17. The molecule has 1 heterocycles. The smallest absolute Gasteiger partial charge is 0.313 e. The van der Waals surface area contributed by atoms with Crippen molar-refractivity contribution in [2.24, 2.45) is 0 Å². The first kappa shape index (κ1) is 24.3. The highest BCUT2D eigenvalue weighted by molar-refractivity contribution is 5.84. The van der Waals surface area contributed by atoms with Crippen LogP contribution in [0.5, 0.6) is 0 Å². The van der Waals surface area contributed by atoms with Crippen molar-refractivity contribution >= 4 is 5.97 Å². The molecule has 0 radical (unpaired) electrons. The van der Waals surface area contributed by atoms with E-state index in [1.165, 1.54) is 18.2 Å². The van der Waals surface area contributed by atoms with E-state index in [-0.39, 0.29) is 12.3 Å². The predicted octanol–water partition coefficient (Wildman–Crippen LogP) is 5.14. The van der Waals surface area contributed by atoms with Gasteiger partial charge in [-0.1, -0.05) is 62.4 Å². The van der Waals surface area contributed by atoms with Gasteiger partial charge in [0.25, 0.3) is 0 Å². The summed E-state index contributed by atoms with van der Waals surface area (Å²) >= 11 is 0. The van der Waals surface area contributed by atoms with Crippen molar-refractivity contribution in [3.8, 4) is 22.4 Å². The van der Waals surface area contributed by atoms with Gasteiger partial charge in [-0.15, -0.1) is 6.58 Å². The molecule has 3 N–H and O–H groups in total. The number of carboxylic acid groups (broad SMARTS) is 1. The Kier molecular flexibility index (Phi) is 7.74. The van der Waals surface area contributed by atoms with Crippen molar-refractivity contribution in [1.29, 1.82) is 0 Å². The number of rotatable bonds is 9. The number of carboxylic acids is 1. The van der Waals surface area contributed by atoms with Crippen LogP contribution < -0.4 is 0 Å². The summed E-state index contributed by atoms with van der Waals surface area (Å²) in [5.41, 5.74) is 3.53. The number of aliphatic carboxylic acids is 1. The second-order valence-electron chi connectivity index (χ2n) is 8.30. The van der Waals surface area contributed by atoms with Crippen LogP contribution in [0.2, 0.25) is 0 Å². The number of benzene rings is 2. The number of nitrogens with zero attached hydrogens (tertiary/aromatic N) is 1. The summed E-state index contributed by atoms with van der Waals surface area (Å²) in [6.07, 6.45) is -1.39. The molecule has 3 rings (SSSR count). The van der Waals surface area contributed by atoms with Crippen molar-refractivity contribution < 1.29 is 24.5 Å². The molecule has 0 bridgehead atoms. The van der Waals surface area contributed by atoms with E-state index >= 15 is 0 Å². The third kappa shape index (κ3) is 5.53. The molecule has 0 spiro atoms. The lowest BCUT2D eigenvalue weighted by molar-refractivity contribution is -0.142. The summed E-state index contributed by atoms with van der Waals surface area (Å²) in [7, 11) is 0. The Morgan fingerprint density at radius 1 is 1.06 bits per heavy atom. The fourth-order valence-electron chi connectivity index (χ4n) is 3.93. The fraction of sp³-hybridized carbons (Fsp3) is 0.259. The minimum absolute atomic E-state index is 0.166. The van der Waals surface area contributed by atoms with Gasteiger partial charge < -0.3 is 15.3 Å². The van der Waals surface area contributed by atoms with Crippen molar-refractivity contribution in [2.45, 2.75) is 44.3 Å². The number of pyridine rings is 1. The van der Waals surface area contributed by atoms with E-state index in [1.807, 2.05) is 44.2 Å². The third-order valence-electron chi connectivity index (χ3n) is 5.58. The molecule has 0 saturated heterocycles. The zero-order chi connectivity index (χ0) is 24.1. The number of hydrogen-bond donors (Lipinski definition) is 3. The monoisotopic (exact) mass is 449 g/mol. The Balaban J connectivity index is 2.33. The topological polar surface area (TPSA) is 90.7 Å². The maximum atomic E-state index is 13.7. The standard InChI is InChI=1S/C27H28FNO4/c1-4-20(30)14-23(31)25(27(32)33)24-21(17-10-12-19(28)13-11-17)15-22(29-26(24)16(2)3)18-8-6-5-7-9-18/h4-13,15-16,20,23,25,30-31H,1,14H2,2-3H3,(H,32,33). The molecule has 6 heteroatoms. The molecule has 0 aliphatic heterocycles. The number of carbonyl (C=O) groups is 1. The number of halogens is 1. The first-order valence-corrected chi connectivity index (χ1v) is 10.8. The molecule has 3 aromatic rings. The first-order valence-electron chi connectivity index (χ1n) is 10.8. The number of aliphatic hydroxyl groups excluding tert-OH is 2. The summed E-state index contributed by atoms with van der Waals surface area (Å²) in [6, 6.07) is 17.0. The van der Waals surface area contributed by atoms with Crippen molar-refractivity contribution in [2.75, 3.05) is 0 Å². The van der Waals surface area contributed by atoms with Crippen LogP contribution in [0.1, 0.15) is 43.4 Å². The van der Waals surface area contributed by atoms with Crippen molar-refractivity contribution in [1.82, 2.24) is 4.98 Å². The largest absolute Gasteiger partial charge is 0.481 e. The molecular formula is C27H28FNO4. The SMILES string of the molecule is C=CC(O)CC(O)C(C(=O)O)c1c(-c2ccc(F)cc2)cc(-c2ccccc2)nc1C(C)C. The summed E-state index contributed by atoms with van der Waals surface area (Å²) in [5, 5.41) is 31.0. The molecule has 0 aliphatic rings. The Morgan fingerprint density at radius 2 is 1.70 bits per heavy atom. The molecule has 2 aromatic carbocycles. The fourth-order valence-corrected chi connectivity index (χ4v) is 3.93. The minimum atomic E-state index is -1.39. The van der Waals surface area contributed by atoms with Gasteiger partial charge in [0.1, 0.15) is 11.7 Å². The van der Waals surface area contributed by atoms with E-state index < -0.39 is 29.9 Å². The van der Waals surface area contributed by atoms with Gasteiger partial charge in [-0.3, -0.25) is 9.78 Å². The normalized spacial score (nSPS) is 14.0. The summed E-state index contributed by atoms with van der Waals surface area (Å²) < 4.78 is 13.7. The first-order chi connectivity index (χ1) is 15.7. The maximum Gasteiger partial charge on any atom is 0.313 e. The van der Waals surface area contributed by atoms with Crippen LogP contribution >= 0.6 is 0 Å². The summed E-state index contributed by atoms with van der Waals surface area (Å²) in [6.45, 7) is 7.30. The molecule has 0 saturated carbocycles. The highest BCUT2D eigenvalue weighted by Crippen LogP contribution is 2.39. The van der Waals surface area contributed by atoms with E-state index in [1.54, 1.807) is 18.2 Å². The Hall–Kier alpha value is -3.35. The molecule has 3 unspecified atom stereocenters. The maximum absolute atomic E-state index is 13.7. The molecule has 0 amide bonds. The van der Waals surface area contributed by atoms with Crippen molar-refractivity contribution in [3.05, 3.63) is 90.4 Å². The highest BCUT2D eigenvalue weighted by Gasteiger charge is 2.35. The second-order valence-corrected chi connectivity index (χ2v) is 8.30. The van der Waals surface area contributed by atoms with Gasteiger partial charge in [0, 0.05) is 17.7 Å². The van der Waals surface area contributed by atoms with E-state index in [2.05, 4.69) is 6.58 Å². The minimum Gasteiger partial charge on any atom is -0.481 e. The molecule has 0 aliphatic carbocycles. The van der Waals surface area contributed by atoms with Crippen LogP contribution in [0.4, 0.5) is 4.39 Å². The Morgan fingerprint density at radius 3 is 2.24 bits per heavy atom. The van der Waals surface area contributed by atoms with Gasteiger partial charge in [-0.05, 0) is 40.8 Å². The average Bonchev–Trinajstić information content (AvgIpc) is 2.79. The Bertz CT molecular complexity index is 1110. The number of hydrogen-bond acceptors (Lipinski definition) is 4. The lowest BCUT2D eigenvalue weighted by Crippen LogP contribution is -2.31. The lowest BCUT2D eigenvalue weighted by atomic mass is 9.81. The van der Waals surface area contributed by atoms with Gasteiger partial charge in [-0.2, -0.15) is 0 Å². The van der Waals surface area contributed by atoms with Crippen LogP contribution in [-0.2, 0) is 4.79 Å². The van der Waals surface area contributed by atoms with E-state index in [0.717, 1.165) is 5.56 Å². The molecule has 1 aromatic heterocycles. The van der Waals surface area contributed by atoms with Crippen LogP contribution in [0.15, 0.2) is 73.3 Å². The lowest BCUT2D eigenvalue weighted by Gasteiger charge is -2.27. The van der Waals surface area contributed by atoms with Crippen LogP contribution in [0, 0.1) is 5.82 Å². The van der Waals surface area contributed by atoms with E-state index in [9.17, 15) is 24.5 Å². The highest BCUT2D eigenvalue weighted by atomic mass is 19.1. The van der Waals surface area contributed by atoms with Gasteiger partial charge in [0.15, 0.2) is 0 Å². The van der Waals surface area contributed by atoms with Gasteiger partial charge >= 0.3 is 5.97 Å². The third-order valence-corrected chi connectivity index (χ3v) is 5.58. The number of aliphatic hydroxyl groups is 2. The average molecular weight is 450 g/mol. The van der Waals surface area contributed by atoms with Crippen LogP contribution in [0.3, 0.4) is 0 Å². The zero-order valence-electron chi connectivity index (χ0n) is 18.6. The van der Waals surface area contributed by atoms with Crippen LogP contribution in [-0.4, -0.2) is 38.5 Å². The predicted molar refractivity (Wildman–Crippen MR) is 126 cm³/mol. The molecule has 0 fully saturated rings.